The molecule has 0 aliphatic carbocycles. The molecule has 1 aliphatic heterocycles. The lowest BCUT2D eigenvalue weighted by Gasteiger charge is -2.39. The first-order valence-electron chi connectivity index (χ1n) is 9.37. The molecule has 29 heavy (non-hydrogen) atoms. The minimum absolute atomic E-state index is 0.186. The van der Waals surface area contributed by atoms with Gasteiger partial charge >= 0.3 is 6.02 Å². The summed E-state index contributed by atoms with van der Waals surface area (Å²) in [6.45, 7) is 5.13. The van der Waals surface area contributed by atoms with Crippen LogP contribution in [0.2, 0.25) is 0 Å². The van der Waals surface area contributed by atoms with Crippen LogP contribution in [0, 0.1) is 0 Å². The van der Waals surface area contributed by atoms with Gasteiger partial charge in [-0.05, 0) is 49.1 Å². The molecule has 1 fully saturated rings. The number of rotatable bonds is 5. The third-order valence-corrected chi connectivity index (χ3v) is 6.70. The number of nitrogens with zero attached hydrogens (tertiary/aromatic N) is 1. The van der Waals surface area contributed by atoms with E-state index in [1.165, 1.54) is 0 Å². The van der Waals surface area contributed by atoms with Gasteiger partial charge in [0.25, 0.3) is 0 Å². The van der Waals surface area contributed by atoms with Crippen molar-refractivity contribution in [1.82, 2.24) is 4.72 Å². The van der Waals surface area contributed by atoms with Crippen LogP contribution in [0.15, 0.2) is 53.5 Å². The van der Waals surface area contributed by atoms with Crippen LogP contribution in [0.1, 0.15) is 38.0 Å². The molecule has 2 unspecified atom stereocenters. The Kier molecular flexibility index (Phi) is 5.86. The average molecular weight is 419 g/mol. The van der Waals surface area contributed by atoms with Crippen LogP contribution in [-0.2, 0) is 14.8 Å². The molecule has 1 heterocycles. The van der Waals surface area contributed by atoms with Gasteiger partial charge in [0.15, 0.2) is 0 Å². The number of aliphatic hydroxyl groups is 1. The fraction of sp³-hybridized carbons (Fsp3) is 0.381. The number of benzene rings is 2. The van der Waals surface area contributed by atoms with Crippen molar-refractivity contribution in [2.24, 2.45) is 4.99 Å². The first-order valence-corrected chi connectivity index (χ1v) is 10.9. The Labute approximate surface area is 171 Å². The van der Waals surface area contributed by atoms with Crippen molar-refractivity contribution < 1.29 is 23.0 Å². The van der Waals surface area contributed by atoms with E-state index < -0.39 is 27.1 Å². The van der Waals surface area contributed by atoms with Gasteiger partial charge in [0.2, 0.25) is 10.0 Å². The van der Waals surface area contributed by atoms with Crippen LogP contribution in [-0.4, -0.2) is 38.5 Å². The summed E-state index contributed by atoms with van der Waals surface area (Å²) in [7, 11) is -2.20. The van der Waals surface area contributed by atoms with E-state index in [1.54, 1.807) is 40.0 Å². The molecule has 2 aromatic rings. The Morgan fingerprint density at radius 3 is 2.48 bits per heavy atom. The van der Waals surface area contributed by atoms with E-state index >= 15 is 0 Å². The summed E-state index contributed by atoms with van der Waals surface area (Å²) in [5.74, 6) is 0.751. The first kappa shape index (κ1) is 21.1. The van der Waals surface area contributed by atoms with Crippen LogP contribution in [0.25, 0.3) is 11.1 Å². The maximum atomic E-state index is 12.9. The van der Waals surface area contributed by atoms with Crippen LogP contribution in [0.5, 0.6) is 5.75 Å². The molecule has 2 N–H and O–H groups in total. The molecule has 8 heteroatoms. The van der Waals surface area contributed by atoms with Crippen molar-refractivity contribution in [1.29, 1.82) is 0 Å². The summed E-state index contributed by atoms with van der Waals surface area (Å²) in [5.41, 5.74) is 1.44. The zero-order chi connectivity index (χ0) is 21.2. The number of aliphatic hydroxyl groups excluding tert-OH is 1. The van der Waals surface area contributed by atoms with E-state index in [-0.39, 0.29) is 6.02 Å². The number of amidine groups is 1. The molecule has 7 nitrogen and oxygen atoms in total. The fourth-order valence-corrected chi connectivity index (χ4v) is 5.16. The third-order valence-electron chi connectivity index (χ3n) is 4.78. The van der Waals surface area contributed by atoms with E-state index in [0.29, 0.717) is 12.0 Å². The Hall–Kier alpha value is -2.58. The van der Waals surface area contributed by atoms with Gasteiger partial charge in [-0.3, -0.25) is 0 Å². The summed E-state index contributed by atoms with van der Waals surface area (Å²) < 4.78 is 39.3. The summed E-state index contributed by atoms with van der Waals surface area (Å²) in [4.78, 5) is 3.89. The zero-order valence-corrected chi connectivity index (χ0v) is 17.7. The Bertz CT molecular complexity index is 1000. The Balaban J connectivity index is 1.92. The summed E-state index contributed by atoms with van der Waals surface area (Å²) in [6.07, 6.45) is -0.674. The highest BCUT2D eigenvalue weighted by Gasteiger charge is 2.48. The van der Waals surface area contributed by atoms with E-state index in [0.717, 1.165) is 16.9 Å². The highest BCUT2D eigenvalue weighted by Crippen LogP contribution is 2.39. The molecule has 0 aromatic heterocycles. The van der Waals surface area contributed by atoms with Gasteiger partial charge in [0, 0.05) is 0 Å². The van der Waals surface area contributed by atoms with Gasteiger partial charge in [-0.1, -0.05) is 43.3 Å². The first-order chi connectivity index (χ1) is 13.7. The topological polar surface area (TPSA) is 97.2 Å². The predicted octanol–water partition coefficient (Wildman–Crippen LogP) is 3.22. The number of hydrogen-bond donors (Lipinski definition) is 2. The molecule has 1 aliphatic rings. The molecule has 2 aromatic carbocycles. The van der Waals surface area contributed by atoms with Crippen LogP contribution in [0.3, 0.4) is 0 Å². The van der Waals surface area contributed by atoms with Crippen molar-refractivity contribution in [3.05, 3.63) is 54.1 Å². The lowest BCUT2D eigenvalue weighted by molar-refractivity contribution is 0.0717. The minimum Gasteiger partial charge on any atom is -0.497 e. The minimum atomic E-state index is -3.81. The maximum Gasteiger partial charge on any atom is 0.301 e. The van der Waals surface area contributed by atoms with Gasteiger partial charge in [-0.15, -0.1) is 0 Å². The number of methoxy groups -OCH3 is 1. The van der Waals surface area contributed by atoms with Gasteiger partial charge in [0.05, 0.1) is 7.11 Å². The molecule has 2 atom stereocenters. The second kappa shape index (κ2) is 8.04. The molecular weight excluding hydrogens is 392 g/mol. The van der Waals surface area contributed by atoms with Gasteiger partial charge in [-0.25, -0.2) is 18.1 Å². The quantitative estimate of drug-likeness (QED) is 0.777. The molecule has 0 saturated carbocycles. The lowest BCUT2D eigenvalue weighted by atomic mass is 9.95. The maximum absolute atomic E-state index is 12.9. The SMILES string of the molecule is CCC(O)/N=C1\NS(=O)(=O)C(c2ccc(-c3cccc(OC)c3)cc2)C(C)(C)O1. The largest absolute Gasteiger partial charge is 0.497 e. The number of aliphatic imine (C=N–C) groups is 1. The monoisotopic (exact) mass is 418 g/mol. The molecule has 0 bridgehead atoms. The molecule has 156 valence electrons. The van der Waals surface area contributed by atoms with Crippen LogP contribution >= 0.6 is 0 Å². The van der Waals surface area contributed by atoms with Gasteiger partial charge < -0.3 is 14.6 Å². The highest BCUT2D eigenvalue weighted by molar-refractivity contribution is 7.90. The highest BCUT2D eigenvalue weighted by atomic mass is 32.2. The second-order valence-corrected chi connectivity index (χ2v) is 9.18. The fourth-order valence-electron chi connectivity index (χ4n) is 3.39. The van der Waals surface area contributed by atoms with E-state index in [1.807, 2.05) is 36.4 Å². The van der Waals surface area contributed by atoms with Crippen LogP contribution < -0.4 is 9.46 Å². The molecule has 0 spiro atoms. The molecule has 1 saturated heterocycles. The summed E-state index contributed by atoms with van der Waals surface area (Å²) in [6, 6.07) is 14.8. The van der Waals surface area contributed by atoms with Crippen molar-refractivity contribution in [2.75, 3.05) is 7.11 Å². The zero-order valence-electron chi connectivity index (χ0n) is 16.9. The smallest absolute Gasteiger partial charge is 0.301 e. The van der Waals surface area contributed by atoms with Crippen molar-refractivity contribution in [3.8, 4) is 16.9 Å². The lowest BCUT2D eigenvalue weighted by Crippen LogP contribution is -2.53. The molecule has 0 amide bonds. The molecule has 0 radical (unpaired) electrons. The Morgan fingerprint density at radius 1 is 1.21 bits per heavy atom. The van der Waals surface area contributed by atoms with E-state index in [9.17, 15) is 13.5 Å². The van der Waals surface area contributed by atoms with E-state index in [4.69, 9.17) is 9.47 Å². The number of sulfonamides is 1. The van der Waals surface area contributed by atoms with Crippen molar-refractivity contribution in [2.45, 2.75) is 44.3 Å². The number of hydrogen-bond acceptors (Lipinski definition) is 6. The predicted molar refractivity (Wildman–Crippen MR) is 112 cm³/mol. The number of ether oxygens (including phenoxy) is 2. The number of nitrogens with one attached hydrogen (secondary N) is 1. The van der Waals surface area contributed by atoms with Gasteiger partial charge in [0.1, 0.15) is 22.8 Å². The van der Waals surface area contributed by atoms with Gasteiger partial charge in [-0.2, -0.15) is 0 Å². The van der Waals surface area contributed by atoms with Crippen molar-refractivity contribution in [3.63, 3.8) is 0 Å². The third kappa shape index (κ3) is 4.54. The normalized spacial score (nSPS) is 22.4. The Morgan fingerprint density at radius 2 is 1.90 bits per heavy atom. The van der Waals surface area contributed by atoms with Crippen molar-refractivity contribution >= 4 is 16.0 Å². The standard InChI is InChI=1S/C21H26N2O5S/c1-5-18(24)22-20-23-29(25,26)19(21(2,3)28-20)15-11-9-14(10-12-15)16-7-6-8-17(13-16)27-4/h6-13,18-19,24H,5H2,1-4H3,(H,22,23). The van der Waals surface area contributed by atoms with Crippen LogP contribution in [0.4, 0.5) is 0 Å². The summed E-state index contributed by atoms with van der Waals surface area (Å²) in [5, 5.41) is 8.76. The summed E-state index contributed by atoms with van der Waals surface area (Å²) >= 11 is 0. The molecule has 3 rings (SSSR count). The van der Waals surface area contributed by atoms with E-state index in [2.05, 4.69) is 9.71 Å². The second-order valence-electron chi connectivity index (χ2n) is 7.41. The average Bonchev–Trinajstić information content (AvgIpc) is 2.66. The molecular formula is C21H26N2O5S.